The number of alkyl halides is 6. The molecule has 41 heavy (non-hydrogen) atoms. The van der Waals surface area contributed by atoms with Crippen molar-refractivity contribution in [2.45, 2.75) is 57.9 Å². The Labute approximate surface area is 231 Å². The average molecular weight is 586 g/mol. The van der Waals surface area contributed by atoms with Crippen molar-refractivity contribution in [3.8, 4) is 0 Å². The Morgan fingerprint density at radius 2 is 1.59 bits per heavy atom. The summed E-state index contributed by atoms with van der Waals surface area (Å²) in [6, 6.07) is 7.88. The highest BCUT2D eigenvalue weighted by Gasteiger charge is 2.42. The van der Waals surface area contributed by atoms with Crippen molar-refractivity contribution in [2.75, 3.05) is 19.7 Å². The Bertz CT molecular complexity index is 1370. The number of nitrogens with one attached hydrogen (secondary N) is 2. The summed E-state index contributed by atoms with van der Waals surface area (Å²) in [5.74, 6) is 0.0464. The molecule has 2 aromatic carbocycles. The lowest BCUT2D eigenvalue weighted by Gasteiger charge is -2.47. The van der Waals surface area contributed by atoms with E-state index in [2.05, 4.69) is 15.2 Å². The van der Waals surface area contributed by atoms with Gasteiger partial charge in [0.05, 0.1) is 49.5 Å². The van der Waals surface area contributed by atoms with Crippen LogP contribution in [0, 0.1) is 0 Å². The number of aromatic amines is 2. The number of carbonyl (C=O) groups excluding carboxylic acids is 1. The summed E-state index contributed by atoms with van der Waals surface area (Å²) in [4.78, 5) is 30.7. The number of piperazine rings is 1. The van der Waals surface area contributed by atoms with Gasteiger partial charge < -0.3 is 9.64 Å². The average Bonchev–Trinajstić information content (AvgIpc) is 3.32. The third kappa shape index (κ3) is 7.17. The molecule has 1 aliphatic rings. The lowest BCUT2D eigenvalue weighted by Crippen LogP contribution is -2.59. The molecule has 8 nitrogen and oxygen atoms in total. The molecule has 0 spiro atoms. The fourth-order valence-electron chi connectivity index (χ4n) is 5.06. The SMILES string of the molecule is CCc1ccc([C@H]2[C@@H](COCc3cc(C(F)(F)F)cc(C(F)(F)F)c3)N(CC)C(=O)CN2Cc2n[nH]c(=O)[nH]2)cc1. The number of ether oxygens (including phenoxy) is 1. The zero-order valence-electron chi connectivity index (χ0n) is 22.3. The normalized spacial score (nSPS) is 18.7. The topological polar surface area (TPSA) is 94.3 Å². The number of nitrogens with zero attached hydrogens (tertiary/aromatic N) is 3. The van der Waals surface area contributed by atoms with Gasteiger partial charge in [-0.1, -0.05) is 31.2 Å². The van der Waals surface area contributed by atoms with E-state index in [1.165, 1.54) is 0 Å². The van der Waals surface area contributed by atoms with Crippen molar-refractivity contribution >= 4 is 5.91 Å². The van der Waals surface area contributed by atoms with Crippen molar-refractivity contribution in [3.63, 3.8) is 0 Å². The molecule has 1 saturated heterocycles. The van der Waals surface area contributed by atoms with Crippen molar-refractivity contribution in [1.29, 1.82) is 0 Å². The Balaban J connectivity index is 1.65. The standard InChI is InChI=1S/C27H29F6N5O3/c1-3-16-5-7-18(8-6-16)24-21(38(4-2)23(39)13-37(24)12-22-34-25(40)36-35-22)15-41-14-17-9-19(26(28,29)30)11-20(10-17)27(31,32)33/h5-11,21,24H,3-4,12-15H2,1-2H3,(H2,34,35,36,40)/t21-,24+/m1/s1. The third-order valence-corrected chi connectivity index (χ3v) is 6.99. The molecule has 222 valence electrons. The first-order chi connectivity index (χ1) is 19.3. The summed E-state index contributed by atoms with van der Waals surface area (Å²) in [5.41, 5.74) is -1.77. The van der Waals surface area contributed by atoms with Gasteiger partial charge in [-0.05, 0) is 48.2 Å². The first-order valence-electron chi connectivity index (χ1n) is 12.9. The van der Waals surface area contributed by atoms with Gasteiger partial charge in [-0.15, -0.1) is 0 Å². The molecular formula is C27H29F6N5O3. The van der Waals surface area contributed by atoms with Gasteiger partial charge >= 0.3 is 18.0 Å². The molecule has 0 bridgehead atoms. The van der Waals surface area contributed by atoms with Crippen LogP contribution >= 0.6 is 0 Å². The molecular weight excluding hydrogens is 556 g/mol. The lowest BCUT2D eigenvalue weighted by molar-refractivity contribution is -0.148. The molecule has 4 rings (SSSR count). The van der Waals surface area contributed by atoms with E-state index in [4.69, 9.17) is 4.74 Å². The highest BCUT2D eigenvalue weighted by molar-refractivity contribution is 5.79. The first-order valence-corrected chi connectivity index (χ1v) is 12.9. The van der Waals surface area contributed by atoms with Crippen molar-refractivity contribution in [3.05, 3.63) is 86.6 Å². The fraction of sp³-hybridized carbons (Fsp3) is 0.444. The summed E-state index contributed by atoms with van der Waals surface area (Å²) in [5, 5.41) is 6.22. The Hall–Kier alpha value is -3.65. The summed E-state index contributed by atoms with van der Waals surface area (Å²) in [6.45, 7) is 3.44. The summed E-state index contributed by atoms with van der Waals surface area (Å²) in [6.07, 6.45) is -9.16. The zero-order chi connectivity index (χ0) is 29.9. The minimum absolute atomic E-state index is 0.0119. The molecule has 1 amide bonds. The predicted molar refractivity (Wildman–Crippen MR) is 135 cm³/mol. The second-order valence-electron chi connectivity index (χ2n) is 9.75. The Morgan fingerprint density at radius 1 is 0.951 bits per heavy atom. The number of hydrogen-bond donors (Lipinski definition) is 2. The monoisotopic (exact) mass is 585 g/mol. The first kappa shape index (κ1) is 30.3. The van der Waals surface area contributed by atoms with Crippen molar-refractivity contribution in [2.24, 2.45) is 0 Å². The molecule has 0 unspecified atom stereocenters. The highest BCUT2D eigenvalue weighted by Crippen LogP contribution is 2.37. The van der Waals surface area contributed by atoms with Crippen LogP contribution in [-0.4, -0.2) is 56.6 Å². The number of aromatic nitrogens is 3. The summed E-state index contributed by atoms with van der Waals surface area (Å²) in [7, 11) is 0. The molecule has 1 aromatic heterocycles. The van der Waals surface area contributed by atoms with Gasteiger partial charge in [-0.2, -0.15) is 31.4 Å². The predicted octanol–water partition coefficient (Wildman–Crippen LogP) is 4.69. The second kappa shape index (κ2) is 12.1. The van der Waals surface area contributed by atoms with Crippen molar-refractivity contribution in [1.82, 2.24) is 25.0 Å². The number of carbonyl (C=O) groups is 1. The quantitative estimate of drug-likeness (QED) is 0.356. The van der Waals surface area contributed by atoms with Crippen molar-refractivity contribution < 1.29 is 35.9 Å². The molecule has 2 heterocycles. The van der Waals surface area contributed by atoms with Crippen LogP contribution in [0.3, 0.4) is 0 Å². The Morgan fingerprint density at radius 3 is 2.10 bits per heavy atom. The molecule has 2 N–H and O–H groups in total. The number of halogens is 6. The van der Waals surface area contributed by atoms with Crippen LogP contribution in [0.25, 0.3) is 0 Å². The molecule has 1 aliphatic heterocycles. The number of aryl methyl sites for hydroxylation is 1. The van der Waals surface area contributed by atoms with E-state index < -0.39 is 47.9 Å². The van der Waals surface area contributed by atoms with E-state index in [1.807, 2.05) is 36.1 Å². The van der Waals surface area contributed by atoms with Crippen LogP contribution in [0.2, 0.25) is 0 Å². The van der Waals surface area contributed by atoms with Crippen LogP contribution in [-0.2, 0) is 41.5 Å². The van der Waals surface area contributed by atoms with Gasteiger partial charge in [0, 0.05) is 6.54 Å². The molecule has 0 radical (unpaired) electrons. The number of hydrogen-bond acceptors (Lipinski definition) is 5. The summed E-state index contributed by atoms with van der Waals surface area (Å²) < 4.78 is 85.6. The molecule has 14 heteroatoms. The summed E-state index contributed by atoms with van der Waals surface area (Å²) >= 11 is 0. The van der Waals surface area contributed by atoms with Gasteiger partial charge in [0.15, 0.2) is 0 Å². The number of likely N-dealkylation sites (N-methyl/N-ethyl adjacent to an activating group) is 1. The third-order valence-electron chi connectivity index (χ3n) is 6.99. The van der Waals surface area contributed by atoms with Gasteiger partial charge in [0.2, 0.25) is 5.91 Å². The van der Waals surface area contributed by atoms with Crippen LogP contribution in [0.1, 0.15) is 53.5 Å². The van der Waals surface area contributed by atoms with Gasteiger partial charge in [-0.3, -0.25) is 14.7 Å². The van der Waals surface area contributed by atoms with E-state index in [1.54, 1.807) is 11.8 Å². The van der Waals surface area contributed by atoms with Gasteiger partial charge in [-0.25, -0.2) is 9.89 Å². The van der Waals surface area contributed by atoms with E-state index in [0.29, 0.717) is 24.5 Å². The van der Waals surface area contributed by atoms with E-state index >= 15 is 0 Å². The van der Waals surface area contributed by atoms with Crippen LogP contribution in [0.5, 0.6) is 0 Å². The van der Waals surface area contributed by atoms with E-state index in [0.717, 1.165) is 17.5 Å². The molecule has 1 fully saturated rings. The maximum Gasteiger partial charge on any atom is 0.416 e. The fourth-order valence-corrected chi connectivity index (χ4v) is 5.06. The second-order valence-corrected chi connectivity index (χ2v) is 9.75. The molecule has 2 atom stereocenters. The van der Waals surface area contributed by atoms with Gasteiger partial charge in [0.1, 0.15) is 5.82 Å². The van der Waals surface area contributed by atoms with E-state index in [-0.39, 0.29) is 37.2 Å². The lowest BCUT2D eigenvalue weighted by atomic mass is 9.92. The smallest absolute Gasteiger partial charge is 0.375 e. The zero-order valence-corrected chi connectivity index (χ0v) is 22.3. The minimum atomic E-state index is -4.98. The van der Waals surface area contributed by atoms with Crippen LogP contribution < -0.4 is 5.69 Å². The molecule has 0 saturated carbocycles. The Kier molecular flexibility index (Phi) is 8.92. The largest absolute Gasteiger partial charge is 0.416 e. The number of H-pyrrole nitrogens is 2. The molecule has 3 aromatic rings. The number of amides is 1. The minimum Gasteiger partial charge on any atom is -0.375 e. The number of benzene rings is 2. The number of rotatable bonds is 9. The molecule has 0 aliphatic carbocycles. The highest BCUT2D eigenvalue weighted by atomic mass is 19.4. The maximum atomic E-state index is 13.3. The van der Waals surface area contributed by atoms with E-state index in [9.17, 15) is 35.9 Å². The van der Waals surface area contributed by atoms with Crippen LogP contribution in [0.4, 0.5) is 26.3 Å². The maximum absolute atomic E-state index is 13.3. The van der Waals surface area contributed by atoms with Crippen LogP contribution in [0.15, 0.2) is 47.3 Å². The van der Waals surface area contributed by atoms with Gasteiger partial charge in [0.25, 0.3) is 0 Å².